The number of anilines is 1. The summed E-state index contributed by atoms with van der Waals surface area (Å²) in [4.78, 5) is 36.7. The van der Waals surface area contributed by atoms with Gasteiger partial charge in [0.2, 0.25) is 6.10 Å². The van der Waals surface area contributed by atoms with Gasteiger partial charge in [-0.15, -0.1) is 0 Å². The maximum atomic E-state index is 12.4. The SMILES string of the molecule is COC(C(=O)Nc1cccc(Cl)c1)C(=O)N[C@H]1C=C[C@@H](C(=O)OC(C)C)C1. The van der Waals surface area contributed by atoms with Gasteiger partial charge >= 0.3 is 5.97 Å². The number of hydrogen-bond acceptors (Lipinski definition) is 5. The fourth-order valence-corrected chi connectivity index (χ4v) is 2.86. The Morgan fingerprint density at radius 3 is 2.56 bits per heavy atom. The average Bonchev–Trinajstić information content (AvgIpc) is 3.03. The molecule has 1 aliphatic carbocycles. The third-order valence-electron chi connectivity index (χ3n) is 3.87. The molecule has 0 radical (unpaired) electrons. The van der Waals surface area contributed by atoms with Crippen LogP contribution in [0.25, 0.3) is 0 Å². The number of methoxy groups -OCH3 is 1. The van der Waals surface area contributed by atoms with Crippen molar-refractivity contribution in [1.29, 1.82) is 0 Å². The van der Waals surface area contributed by atoms with E-state index in [0.29, 0.717) is 17.1 Å². The van der Waals surface area contributed by atoms with E-state index in [1.165, 1.54) is 7.11 Å². The second-order valence-electron chi connectivity index (χ2n) is 6.44. The predicted molar refractivity (Wildman–Crippen MR) is 101 cm³/mol. The summed E-state index contributed by atoms with van der Waals surface area (Å²) in [5.41, 5.74) is 0.458. The molecule has 2 amide bonds. The first-order chi connectivity index (χ1) is 12.8. The number of esters is 1. The molecule has 0 bridgehead atoms. The zero-order valence-electron chi connectivity index (χ0n) is 15.4. The summed E-state index contributed by atoms with van der Waals surface area (Å²) in [6.07, 6.45) is 2.26. The second kappa shape index (κ2) is 9.53. The lowest BCUT2D eigenvalue weighted by molar-refractivity contribution is -0.151. The van der Waals surface area contributed by atoms with Gasteiger partial charge < -0.3 is 20.1 Å². The molecule has 2 N–H and O–H groups in total. The minimum Gasteiger partial charge on any atom is -0.463 e. The zero-order valence-corrected chi connectivity index (χ0v) is 16.2. The van der Waals surface area contributed by atoms with Gasteiger partial charge in [-0.3, -0.25) is 14.4 Å². The molecular weight excluding hydrogens is 372 g/mol. The first-order valence-electron chi connectivity index (χ1n) is 8.58. The molecule has 3 atom stereocenters. The van der Waals surface area contributed by atoms with E-state index in [2.05, 4.69) is 10.6 Å². The average molecular weight is 395 g/mol. The van der Waals surface area contributed by atoms with Crippen LogP contribution in [0.2, 0.25) is 5.02 Å². The summed E-state index contributed by atoms with van der Waals surface area (Å²) in [7, 11) is 1.27. The molecule has 1 aromatic rings. The third-order valence-corrected chi connectivity index (χ3v) is 4.11. The first kappa shape index (κ1) is 20.9. The van der Waals surface area contributed by atoms with Crippen molar-refractivity contribution in [3.63, 3.8) is 0 Å². The van der Waals surface area contributed by atoms with Crippen LogP contribution in [0.1, 0.15) is 20.3 Å². The topological polar surface area (TPSA) is 93.7 Å². The van der Waals surface area contributed by atoms with Gasteiger partial charge in [0.25, 0.3) is 11.8 Å². The number of hydrogen-bond donors (Lipinski definition) is 2. The molecule has 0 fully saturated rings. The van der Waals surface area contributed by atoms with Crippen LogP contribution in [0.15, 0.2) is 36.4 Å². The Balaban J connectivity index is 1.90. The highest BCUT2D eigenvalue weighted by Gasteiger charge is 2.32. The molecule has 0 heterocycles. The Morgan fingerprint density at radius 1 is 1.19 bits per heavy atom. The Hall–Kier alpha value is -2.38. The van der Waals surface area contributed by atoms with Crippen LogP contribution < -0.4 is 10.6 Å². The van der Waals surface area contributed by atoms with Crippen LogP contribution in [0, 0.1) is 5.92 Å². The number of carbonyl (C=O) groups excluding carboxylic acids is 3. The Morgan fingerprint density at radius 2 is 1.93 bits per heavy atom. The molecular formula is C19H23ClN2O5. The summed E-state index contributed by atoms with van der Waals surface area (Å²) in [5.74, 6) is -1.96. The molecule has 1 unspecified atom stereocenters. The van der Waals surface area contributed by atoms with E-state index in [4.69, 9.17) is 21.1 Å². The quantitative estimate of drug-likeness (QED) is 0.420. The number of amides is 2. The van der Waals surface area contributed by atoms with E-state index >= 15 is 0 Å². The molecule has 8 heteroatoms. The van der Waals surface area contributed by atoms with Gasteiger partial charge in [-0.2, -0.15) is 0 Å². The number of rotatable bonds is 7. The van der Waals surface area contributed by atoms with Crippen molar-refractivity contribution >= 4 is 35.1 Å². The summed E-state index contributed by atoms with van der Waals surface area (Å²) < 4.78 is 10.2. The molecule has 0 aromatic heterocycles. The van der Waals surface area contributed by atoms with Crippen LogP contribution in [0.5, 0.6) is 0 Å². The number of halogens is 1. The number of carbonyl (C=O) groups is 3. The zero-order chi connectivity index (χ0) is 20.0. The molecule has 146 valence electrons. The highest BCUT2D eigenvalue weighted by molar-refractivity contribution is 6.31. The van der Waals surface area contributed by atoms with Crippen LogP contribution in [0.4, 0.5) is 5.69 Å². The standard InChI is InChI=1S/C19H23ClN2O5/c1-11(2)27-19(25)12-7-8-15(9-12)22-18(24)16(26-3)17(23)21-14-6-4-5-13(20)10-14/h4-8,10-12,15-16H,9H2,1-3H3,(H,21,23)(H,22,24)/t12-,15+,16?/m1/s1. The van der Waals surface area contributed by atoms with Crippen molar-refractivity contribution in [3.8, 4) is 0 Å². The summed E-state index contributed by atoms with van der Waals surface area (Å²) >= 11 is 5.88. The number of nitrogens with one attached hydrogen (secondary N) is 2. The van der Waals surface area contributed by atoms with E-state index in [-0.39, 0.29) is 18.1 Å². The maximum Gasteiger partial charge on any atom is 0.313 e. The van der Waals surface area contributed by atoms with Crippen LogP contribution in [-0.4, -0.2) is 43.1 Å². The lowest BCUT2D eigenvalue weighted by atomic mass is 10.1. The molecule has 1 aromatic carbocycles. The molecule has 27 heavy (non-hydrogen) atoms. The normalized spacial score (nSPS) is 19.6. The third kappa shape index (κ3) is 6.08. The molecule has 7 nitrogen and oxygen atoms in total. The monoisotopic (exact) mass is 394 g/mol. The van der Waals surface area contributed by atoms with Crippen molar-refractivity contribution in [2.24, 2.45) is 5.92 Å². The minimum atomic E-state index is -1.33. The van der Waals surface area contributed by atoms with Gasteiger partial charge in [0, 0.05) is 23.9 Å². The van der Waals surface area contributed by atoms with E-state index in [0.717, 1.165) is 0 Å². The van der Waals surface area contributed by atoms with Crippen LogP contribution in [0.3, 0.4) is 0 Å². The van der Waals surface area contributed by atoms with E-state index in [1.54, 1.807) is 50.3 Å². The maximum absolute atomic E-state index is 12.4. The van der Waals surface area contributed by atoms with Crippen LogP contribution in [-0.2, 0) is 23.9 Å². The van der Waals surface area contributed by atoms with Gasteiger partial charge in [-0.1, -0.05) is 29.8 Å². The van der Waals surface area contributed by atoms with Gasteiger partial charge in [0.05, 0.1) is 12.0 Å². The van der Waals surface area contributed by atoms with Crippen molar-refractivity contribution in [1.82, 2.24) is 5.32 Å². The lowest BCUT2D eigenvalue weighted by Gasteiger charge is -2.19. The fraction of sp³-hybridized carbons (Fsp3) is 0.421. The van der Waals surface area contributed by atoms with Crippen molar-refractivity contribution in [3.05, 3.63) is 41.4 Å². The Bertz CT molecular complexity index is 735. The Kier molecular flexibility index (Phi) is 7.38. The largest absolute Gasteiger partial charge is 0.463 e. The molecule has 1 aliphatic rings. The molecule has 2 rings (SSSR count). The molecule has 0 saturated heterocycles. The van der Waals surface area contributed by atoms with Crippen LogP contribution >= 0.6 is 11.6 Å². The highest BCUT2D eigenvalue weighted by Crippen LogP contribution is 2.20. The van der Waals surface area contributed by atoms with Crippen molar-refractivity contribution in [2.75, 3.05) is 12.4 Å². The van der Waals surface area contributed by atoms with E-state index in [9.17, 15) is 14.4 Å². The van der Waals surface area contributed by atoms with E-state index in [1.807, 2.05) is 0 Å². The van der Waals surface area contributed by atoms with Crippen molar-refractivity contribution < 1.29 is 23.9 Å². The van der Waals surface area contributed by atoms with Gasteiger partial charge in [0.1, 0.15) is 0 Å². The Labute approximate surface area is 163 Å². The van der Waals surface area contributed by atoms with E-state index < -0.39 is 23.8 Å². The first-order valence-corrected chi connectivity index (χ1v) is 8.96. The highest BCUT2D eigenvalue weighted by atomic mass is 35.5. The second-order valence-corrected chi connectivity index (χ2v) is 6.88. The molecule has 0 spiro atoms. The summed E-state index contributed by atoms with van der Waals surface area (Å²) in [5, 5.41) is 5.75. The number of ether oxygens (including phenoxy) is 2. The summed E-state index contributed by atoms with van der Waals surface area (Å²) in [6, 6.07) is 6.19. The van der Waals surface area contributed by atoms with Crippen molar-refractivity contribution in [2.45, 2.75) is 38.5 Å². The minimum absolute atomic E-state index is 0.201. The summed E-state index contributed by atoms with van der Waals surface area (Å²) in [6.45, 7) is 3.55. The predicted octanol–water partition coefficient (Wildman–Crippen LogP) is 2.31. The lowest BCUT2D eigenvalue weighted by Crippen LogP contribution is -2.47. The smallest absolute Gasteiger partial charge is 0.313 e. The van der Waals surface area contributed by atoms with Gasteiger partial charge in [-0.05, 0) is 38.5 Å². The fourth-order valence-electron chi connectivity index (χ4n) is 2.67. The number of benzene rings is 1. The molecule has 0 saturated carbocycles. The molecule has 0 aliphatic heterocycles. The van der Waals surface area contributed by atoms with Gasteiger partial charge in [0.15, 0.2) is 0 Å². The van der Waals surface area contributed by atoms with Gasteiger partial charge in [-0.25, -0.2) is 0 Å².